The molecule has 1 N–H and O–H groups in total. The lowest BCUT2D eigenvalue weighted by Crippen LogP contribution is -1.96. The molecule has 0 fully saturated rings. The summed E-state index contributed by atoms with van der Waals surface area (Å²) >= 11 is 1.55. The Morgan fingerprint density at radius 3 is 2.60 bits per heavy atom. The van der Waals surface area contributed by atoms with Crippen molar-refractivity contribution in [3.05, 3.63) is 57.9 Å². The fourth-order valence-electron chi connectivity index (χ4n) is 2.15. The summed E-state index contributed by atoms with van der Waals surface area (Å²) in [5.41, 5.74) is 3.66. The Balaban J connectivity index is 1.96. The first-order valence-corrected chi connectivity index (χ1v) is 7.12. The SMILES string of the molecule is Cc1ccc(Cc2sc3nc(C(=O)O)cn3c2C)cc1. The Labute approximate surface area is 120 Å². The van der Waals surface area contributed by atoms with E-state index in [2.05, 4.69) is 36.2 Å². The minimum atomic E-state index is -0.986. The molecule has 0 aliphatic rings. The van der Waals surface area contributed by atoms with Gasteiger partial charge in [0.1, 0.15) is 0 Å². The summed E-state index contributed by atoms with van der Waals surface area (Å²) in [5.74, 6) is -0.986. The second-order valence-corrected chi connectivity index (χ2v) is 5.92. The number of carboxylic acids is 1. The monoisotopic (exact) mass is 286 g/mol. The van der Waals surface area contributed by atoms with Crippen LogP contribution >= 0.6 is 11.3 Å². The molecule has 5 heteroatoms. The lowest BCUT2D eigenvalue weighted by molar-refractivity contribution is 0.0691. The number of rotatable bonds is 3. The maximum absolute atomic E-state index is 10.9. The second-order valence-electron chi connectivity index (χ2n) is 4.86. The topological polar surface area (TPSA) is 54.6 Å². The molecule has 0 amide bonds. The van der Waals surface area contributed by atoms with E-state index in [1.807, 2.05) is 11.3 Å². The molecular formula is C15H14N2O2S. The van der Waals surface area contributed by atoms with Gasteiger partial charge >= 0.3 is 5.97 Å². The number of carboxylic acid groups (broad SMARTS) is 1. The molecule has 0 spiro atoms. The van der Waals surface area contributed by atoms with Crippen molar-refractivity contribution in [3.8, 4) is 0 Å². The number of imidazole rings is 1. The molecule has 3 rings (SSSR count). The summed E-state index contributed by atoms with van der Waals surface area (Å²) < 4.78 is 1.86. The zero-order valence-corrected chi connectivity index (χ0v) is 12.1. The van der Waals surface area contributed by atoms with E-state index in [1.54, 1.807) is 17.5 Å². The summed E-state index contributed by atoms with van der Waals surface area (Å²) in [6.45, 7) is 4.07. The Morgan fingerprint density at radius 1 is 1.30 bits per heavy atom. The van der Waals surface area contributed by atoms with E-state index in [-0.39, 0.29) is 5.69 Å². The van der Waals surface area contributed by atoms with Gasteiger partial charge in [-0.15, -0.1) is 11.3 Å². The lowest BCUT2D eigenvalue weighted by atomic mass is 10.1. The zero-order chi connectivity index (χ0) is 14.3. The molecule has 0 unspecified atom stereocenters. The number of hydrogen-bond acceptors (Lipinski definition) is 3. The molecule has 1 aromatic carbocycles. The molecule has 0 saturated carbocycles. The summed E-state index contributed by atoms with van der Waals surface area (Å²) in [6, 6.07) is 8.46. The molecule has 3 aromatic rings. The van der Waals surface area contributed by atoms with Gasteiger partial charge in [-0.25, -0.2) is 9.78 Å². The van der Waals surface area contributed by atoms with Gasteiger partial charge in [0.05, 0.1) is 0 Å². The van der Waals surface area contributed by atoms with Crippen LogP contribution in [0.2, 0.25) is 0 Å². The third kappa shape index (κ3) is 2.20. The Hall–Kier alpha value is -2.14. The van der Waals surface area contributed by atoms with E-state index in [1.165, 1.54) is 16.0 Å². The van der Waals surface area contributed by atoms with Gasteiger partial charge in [-0.1, -0.05) is 29.8 Å². The Morgan fingerprint density at radius 2 is 2.00 bits per heavy atom. The van der Waals surface area contributed by atoms with Gasteiger partial charge in [-0.05, 0) is 19.4 Å². The Kier molecular flexibility index (Phi) is 3.06. The first-order chi connectivity index (χ1) is 9.54. The van der Waals surface area contributed by atoms with Crippen molar-refractivity contribution in [1.29, 1.82) is 0 Å². The predicted octanol–water partition coefficient (Wildman–Crippen LogP) is 3.30. The van der Waals surface area contributed by atoms with Crippen LogP contribution in [0.15, 0.2) is 30.5 Å². The number of fused-ring (bicyclic) bond motifs is 1. The van der Waals surface area contributed by atoms with Crippen LogP contribution in [0.25, 0.3) is 4.96 Å². The fraction of sp³-hybridized carbons (Fsp3) is 0.200. The van der Waals surface area contributed by atoms with E-state index in [0.29, 0.717) is 0 Å². The van der Waals surface area contributed by atoms with Gasteiger partial charge in [-0.2, -0.15) is 0 Å². The van der Waals surface area contributed by atoms with Crippen LogP contribution in [0.1, 0.15) is 32.2 Å². The van der Waals surface area contributed by atoms with E-state index in [9.17, 15) is 4.79 Å². The minimum Gasteiger partial charge on any atom is -0.476 e. The van der Waals surface area contributed by atoms with Crippen LogP contribution in [0, 0.1) is 13.8 Å². The highest BCUT2D eigenvalue weighted by molar-refractivity contribution is 7.17. The summed E-state index contributed by atoms with van der Waals surface area (Å²) in [7, 11) is 0. The molecule has 20 heavy (non-hydrogen) atoms. The van der Waals surface area contributed by atoms with Crippen molar-refractivity contribution in [1.82, 2.24) is 9.38 Å². The third-order valence-corrected chi connectivity index (χ3v) is 4.51. The predicted molar refractivity (Wildman–Crippen MR) is 78.8 cm³/mol. The molecule has 0 aliphatic carbocycles. The number of carbonyl (C=O) groups is 1. The van der Waals surface area contributed by atoms with Gasteiger partial charge in [0.15, 0.2) is 10.7 Å². The van der Waals surface area contributed by atoms with Crippen molar-refractivity contribution >= 4 is 22.3 Å². The first-order valence-electron chi connectivity index (χ1n) is 6.31. The first kappa shape index (κ1) is 12.9. The van der Waals surface area contributed by atoms with Crippen LogP contribution in [-0.2, 0) is 6.42 Å². The molecule has 2 aromatic heterocycles. The fourth-order valence-corrected chi connectivity index (χ4v) is 3.29. The highest BCUT2D eigenvalue weighted by atomic mass is 32.1. The number of benzene rings is 1. The number of thiazole rings is 1. The van der Waals surface area contributed by atoms with Crippen molar-refractivity contribution in [3.63, 3.8) is 0 Å². The number of aryl methyl sites for hydroxylation is 2. The highest BCUT2D eigenvalue weighted by Gasteiger charge is 2.15. The zero-order valence-electron chi connectivity index (χ0n) is 11.3. The van der Waals surface area contributed by atoms with Crippen LogP contribution in [0.5, 0.6) is 0 Å². The molecule has 0 saturated heterocycles. The summed E-state index contributed by atoms with van der Waals surface area (Å²) in [5, 5.41) is 8.95. The number of aromatic nitrogens is 2. The van der Waals surface area contributed by atoms with Crippen molar-refractivity contribution in [2.24, 2.45) is 0 Å². The van der Waals surface area contributed by atoms with E-state index in [0.717, 1.165) is 17.1 Å². The third-order valence-electron chi connectivity index (χ3n) is 3.36. The summed E-state index contributed by atoms with van der Waals surface area (Å²) in [4.78, 5) is 17.0. The quantitative estimate of drug-likeness (QED) is 0.803. The van der Waals surface area contributed by atoms with Crippen LogP contribution in [0.4, 0.5) is 0 Å². The average molecular weight is 286 g/mol. The van der Waals surface area contributed by atoms with Crippen molar-refractivity contribution in [2.75, 3.05) is 0 Å². The lowest BCUT2D eigenvalue weighted by Gasteiger charge is -2.01. The van der Waals surface area contributed by atoms with Crippen molar-refractivity contribution in [2.45, 2.75) is 20.3 Å². The van der Waals surface area contributed by atoms with Crippen molar-refractivity contribution < 1.29 is 9.90 Å². The van der Waals surface area contributed by atoms with Crippen LogP contribution < -0.4 is 0 Å². The van der Waals surface area contributed by atoms with Gasteiger partial charge in [-0.3, -0.25) is 4.40 Å². The maximum atomic E-state index is 10.9. The van der Waals surface area contributed by atoms with Crippen LogP contribution in [-0.4, -0.2) is 20.5 Å². The molecule has 0 atom stereocenters. The number of hydrogen-bond donors (Lipinski definition) is 1. The standard InChI is InChI=1S/C15H14N2O2S/c1-9-3-5-11(6-4-9)7-13-10(2)17-8-12(14(18)19)16-15(17)20-13/h3-6,8H,7H2,1-2H3,(H,18,19). The number of aromatic carboxylic acids is 1. The molecule has 0 radical (unpaired) electrons. The van der Waals surface area contributed by atoms with Gasteiger partial charge in [0, 0.05) is 23.2 Å². The van der Waals surface area contributed by atoms with E-state index < -0.39 is 5.97 Å². The molecular weight excluding hydrogens is 272 g/mol. The second kappa shape index (κ2) is 4.76. The highest BCUT2D eigenvalue weighted by Crippen LogP contribution is 2.25. The molecule has 102 valence electrons. The van der Waals surface area contributed by atoms with Crippen LogP contribution in [0.3, 0.4) is 0 Å². The molecule has 0 aliphatic heterocycles. The van der Waals surface area contributed by atoms with Gasteiger partial charge in [0.2, 0.25) is 0 Å². The van der Waals surface area contributed by atoms with E-state index in [4.69, 9.17) is 5.11 Å². The molecule has 4 nitrogen and oxygen atoms in total. The van der Waals surface area contributed by atoms with Gasteiger partial charge < -0.3 is 5.11 Å². The minimum absolute atomic E-state index is 0.0984. The maximum Gasteiger partial charge on any atom is 0.356 e. The van der Waals surface area contributed by atoms with E-state index >= 15 is 0 Å². The van der Waals surface area contributed by atoms with Gasteiger partial charge in [0.25, 0.3) is 0 Å². The molecule has 2 heterocycles. The molecule has 0 bridgehead atoms. The normalized spacial score (nSPS) is 11.1. The Bertz CT molecular complexity index is 784. The largest absolute Gasteiger partial charge is 0.476 e. The summed E-state index contributed by atoms with van der Waals surface area (Å²) in [6.07, 6.45) is 2.44. The number of nitrogens with zero attached hydrogens (tertiary/aromatic N) is 2. The smallest absolute Gasteiger partial charge is 0.356 e. The average Bonchev–Trinajstić information content (AvgIpc) is 2.94.